The maximum absolute atomic E-state index is 14.1. The zero-order valence-corrected chi connectivity index (χ0v) is 28.8. The largest absolute Gasteiger partial charge is 0.342 e. The molecule has 0 spiro atoms. The topological polar surface area (TPSA) is 125 Å². The second-order valence-corrected chi connectivity index (χ2v) is 15.4. The first-order chi connectivity index (χ1) is 20.3. The summed E-state index contributed by atoms with van der Waals surface area (Å²) in [6.07, 6.45) is 0.248. The lowest BCUT2D eigenvalue weighted by Gasteiger charge is -2.40. The van der Waals surface area contributed by atoms with E-state index in [0.29, 0.717) is 5.56 Å². The molecular weight excluding hydrogens is 576 g/mol. The first kappa shape index (κ1) is 36.9. The summed E-state index contributed by atoms with van der Waals surface area (Å²) < 4.78 is 27.6. The average molecular weight is 629 g/mol. The molecule has 4 unspecified atom stereocenters. The van der Waals surface area contributed by atoms with Crippen molar-refractivity contribution in [1.82, 2.24) is 20.3 Å². The lowest BCUT2D eigenvalue weighted by molar-refractivity contribution is -0.142. The van der Waals surface area contributed by atoms with Crippen LogP contribution in [0.3, 0.4) is 0 Å². The van der Waals surface area contributed by atoms with Gasteiger partial charge in [0, 0.05) is 24.4 Å². The maximum Gasteiger partial charge on any atom is 0.245 e. The minimum absolute atomic E-state index is 0.0430. The van der Waals surface area contributed by atoms with Gasteiger partial charge in [0.1, 0.15) is 6.04 Å². The van der Waals surface area contributed by atoms with E-state index in [1.807, 2.05) is 78.8 Å². The fourth-order valence-electron chi connectivity index (χ4n) is 5.53. The lowest BCUT2D eigenvalue weighted by Crippen LogP contribution is -2.61. The molecule has 10 heteroatoms. The first-order valence-electron chi connectivity index (χ1n) is 15.2. The van der Waals surface area contributed by atoms with E-state index in [2.05, 4.69) is 15.4 Å². The van der Waals surface area contributed by atoms with Gasteiger partial charge in [0.15, 0.2) is 0 Å². The summed E-state index contributed by atoms with van der Waals surface area (Å²) in [5, 5.41) is 6.19. The molecule has 0 radical (unpaired) electrons. The van der Waals surface area contributed by atoms with Gasteiger partial charge < -0.3 is 15.5 Å². The van der Waals surface area contributed by atoms with Crippen LogP contribution in [-0.4, -0.2) is 63.3 Å². The highest BCUT2D eigenvalue weighted by molar-refractivity contribution is 7.89. The van der Waals surface area contributed by atoms with Gasteiger partial charge in [-0.15, -0.1) is 0 Å². The highest BCUT2D eigenvalue weighted by atomic mass is 32.2. The number of nitrogens with zero attached hydrogens (tertiary/aromatic N) is 1. The lowest BCUT2D eigenvalue weighted by atomic mass is 9.76. The van der Waals surface area contributed by atoms with E-state index in [4.69, 9.17) is 0 Å². The van der Waals surface area contributed by atoms with Crippen LogP contribution in [0.2, 0.25) is 0 Å². The maximum atomic E-state index is 14.1. The van der Waals surface area contributed by atoms with Crippen molar-refractivity contribution in [1.29, 1.82) is 0 Å². The number of nitrogens with one attached hydrogen (secondary N) is 3. The Morgan fingerprint density at radius 1 is 0.818 bits per heavy atom. The van der Waals surface area contributed by atoms with Gasteiger partial charge >= 0.3 is 0 Å². The zero-order chi connectivity index (χ0) is 33.5. The summed E-state index contributed by atoms with van der Waals surface area (Å²) in [7, 11) is -0.483. The third kappa shape index (κ3) is 9.89. The number of hydrogen-bond donors (Lipinski definition) is 3. The van der Waals surface area contributed by atoms with Crippen LogP contribution in [0, 0.1) is 17.3 Å². The summed E-state index contributed by atoms with van der Waals surface area (Å²) in [4.78, 5) is 42.4. The number of carbonyl (C=O) groups excluding carboxylic acids is 3. The molecule has 2 aromatic rings. The van der Waals surface area contributed by atoms with Crippen LogP contribution < -0.4 is 15.4 Å². The predicted octanol–water partition coefficient (Wildman–Crippen LogP) is 4.24. The van der Waals surface area contributed by atoms with Gasteiger partial charge in [0.2, 0.25) is 27.7 Å². The van der Waals surface area contributed by atoms with Crippen molar-refractivity contribution in [2.45, 2.75) is 91.1 Å². The van der Waals surface area contributed by atoms with E-state index in [-0.39, 0.29) is 35.9 Å². The van der Waals surface area contributed by atoms with Crippen molar-refractivity contribution < 1.29 is 22.8 Å². The van der Waals surface area contributed by atoms with Crippen molar-refractivity contribution in [2.24, 2.45) is 17.3 Å². The van der Waals surface area contributed by atoms with Crippen molar-refractivity contribution in [3.05, 3.63) is 71.8 Å². The summed E-state index contributed by atoms with van der Waals surface area (Å²) in [6, 6.07) is 16.6. The molecule has 0 aliphatic heterocycles. The van der Waals surface area contributed by atoms with Crippen molar-refractivity contribution in [3.8, 4) is 0 Å². The van der Waals surface area contributed by atoms with E-state index in [0.717, 1.165) is 5.56 Å². The van der Waals surface area contributed by atoms with Crippen LogP contribution in [0.25, 0.3) is 0 Å². The van der Waals surface area contributed by atoms with Gasteiger partial charge in [-0.3, -0.25) is 19.1 Å². The predicted molar refractivity (Wildman–Crippen MR) is 176 cm³/mol. The normalized spacial score (nSPS) is 15.2. The molecule has 0 saturated heterocycles. The van der Waals surface area contributed by atoms with Gasteiger partial charge in [-0.05, 0) is 35.9 Å². The van der Waals surface area contributed by atoms with Crippen LogP contribution in [0.4, 0.5) is 0 Å². The van der Waals surface area contributed by atoms with Crippen LogP contribution in [0.1, 0.15) is 72.9 Å². The Labute approximate surface area is 264 Å². The molecule has 0 aliphatic carbocycles. The molecule has 2 aromatic carbocycles. The highest BCUT2D eigenvalue weighted by Gasteiger charge is 2.42. The third-order valence-electron chi connectivity index (χ3n) is 8.30. The monoisotopic (exact) mass is 628 g/mol. The van der Waals surface area contributed by atoms with Crippen LogP contribution in [0.15, 0.2) is 60.7 Å². The third-order valence-corrected chi connectivity index (χ3v) is 9.53. The Morgan fingerprint density at radius 2 is 1.34 bits per heavy atom. The average Bonchev–Trinajstić information content (AvgIpc) is 2.93. The van der Waals surface area contributed by atoms with Crippen LogP contribution in [-0.2, 0) is 35.6 Å². The Kier molecular flexibility index (Phi) is 12.7. The molecular formula is C34H52N4O5S. The number of sulfonamides is 1. The zero-order valence-electron chi connectivity index (χ0n) is 28.0. The second-order valence-electron chi connectivity index (χ2n) is 13.7. The van der Waals surface area contributed by atoms with Gasteiger partial charge in [0.05, 0.1) is 11.8 Å². The Balaban J connectivity index is 2.22. The van der Waals surface area contributed by atoms with E-state index in [1.165, 1.54) is 0 Å². The molecule has 0 heterocycles. The highest BCUT2D eigenvalue weighted by Crippen LogP contribution is 2.29. The van der Waals surface area contributed by atoms with E-state index < -0.39 is 44.8 Å². The molecule has 0 fully saturated rings. The van der Waals surface area contributed by atoms with Gasteiger partial charge in [-0.1, -0.05) is 116 Å². The Bertz CT molecular complexity index is 1360. The first-order valence-corrected chi connectivity index (χ1v) is 16.8. The summed E-state index contributed by atoms with van der Waals surface area (Å²) in [5.41, 5.74) is 0.380. The van der Waals surface area contributed by atoms with E-state index in [1.54, 1.807) is 56.3 Å². The SMILES string of the molecule is CNC(C(=O)NC(C(=O)N(C)C(CC(C)C(=O)NS(=O)(=O)Cc1ccccc1)C(C)C)C(C)(C)C)C(C)(C)c1ccccc1. The molecule has 9 nitrogen and oxygen atoms in total. The van der Waals surface area contributed by atoms with Gasteiger partial charge in [0.25, 0.3) is 0 Å². The standard InChI is InChI=1S/C34H52N4O5S/c1-23(2)27(21-24(3)30(39)37-44(42,43)22-25-17-13-11-14-18-25)38(10)32(41)29(33(4,5)6)36-31(40)28(35-9)34(7,8)26-19-15-12-16-20-26/h11-20,23-24,27-29,35H,21-22H2,1-10H3,(H,36,40)(H,37,39). The van der Waals surface area contributed by atoms with Crippen molar-refractivity contribution in [2.75, 3.05) is 14.1 Å². The molecule has 3 amide bonds. The molecule has 244 valence electrons. The van der Waals surface area contributed by atoms with Crippen molar-refractivity contribution >= 4 is 27.7 Å². The van der Waals surface area contributed by atoms with Crippen molar-refractivity contribution in [3.63, 3.8) is 0 Å². The van der Waals surface area contributed by atoms with Gasteiger partial charge in [-0.2, -0.15) is 0 Å². The van der Waals surface area contributed by atoms with Crippen LogP contribution >= 0.6 is 0 Å². The smallest absolute Gasteiger partial charge is 0.245 e. The Hall–Kier alpha value is -3.24. The van der Waals surface area contributed by atoms with E-state index in [9.17, 15) is 22.8 Å². The molecule has 2 rings (SSSR count). The fraction of sp³-hybridized carbons (Fsp3) is 0.559. The summed E-state index contributed by atoms with van der Waals surface area (Å²) >= 11 is 0. The van der Waals surface area contributed by atoms with Crippen LogP contribution in [0.5, 0.6) is 0 Å². The number of rotatable bonds is 14. The fourth-order valence-corrected chi connectivity index (χ4v) is 6.74. The molecule has 0 saturated carbocycles. The molecule has 4 atom stereocenters. The Morgan fingerprint density at radius 3 is 1.82 bits per heavy atom. The molecule has 44 heavy (non-hydrogen) atoms. The van der Waals surface area contributed by atoms with Gasteiger partial charge in [-0.25, -0.2) is 8.42 Å². The molecule has 3 N–H and O–H groups in total. The number of carbonyl (C=O) groups is 3. The minimum atomic E-state index is -3.89. The number of benzene rings is 2. The summed E-state index contributed by atoms with van der Waals surface area (Å²) in [5.74, 6) is -2.22. The quantitative estimate of drug-likeness (QED) is 0.288. The molecule has 0 aromatic heterocycles. The second kappa shape index (κ2) is 15.2. The number of amides is 3. The minimum Gasteiger partial charge on any atom is -0.342 e. The number of likely N-dealkylation sites (N-methyl/N-ethyl adjacent to an activating group) is 2. The number of hydrogen-bond acceptors (Lipinski definition) is 6. The molecule has 0 aliphatic rings. The van der Waals surface area contributed by atoms with E-state index >= 15 is 0 Å². The molecule has 0 bridgehead atoms. The summed E-state index contributed by atoms with van der Waals surface area (Å²) in [6.45, 7) is 15.3.